The lowest BCUT2D eigenvalue weighted by molar-refractivity contribution is -0.0295. The molecular formula is C112H165BCl4N8O15. The van der Waals surface area contributed by atoms with Crippen LogP contribution >= 0.6 is 48.0 Å². The molecule has 0 spiro atoms. The summed E-state index contributed by atoms with van der Waals surface area (Å²) >= 11 is 12.1. The average molecular weight is 2020 g/mol. The summed E-state index contributed by atoms with van der Waals surface area (Å²) in [5.74, 6) is 3.50. The van der Waals surface area contributed by atoms with Gasteiger partial charge in [0.1, 0.15) is 45.4 Å². The zero-order chi connectivity index (χ0) is 102. The molecule has 2 amide bonds. The van der Waals surface area contributed by atoms with Crippen LogP contribution in [0.4, 0.5) is 41.9 Å². The number of benzene rings is 7. The summed E-state index contributed by atoms with van der Waals surface area (Å²) in [7, 11) is 6.55. The van der Waals surface area contributed by atoms with Crippen LogP contribution in [0.2, 0.25) is 10.0 Å². The lowest BCUT2D eigenvalue weighted by atomic mass is 9.61. The number of amides is 2. The highest BCUT2D eigenvalue weighted by molar-refractivity contribution is 6.62. The van der Waals surface area contributed by atoms with Gasteiger partial charge in [0, 0.05) is 115 Å². The van der Waals surface area contributed by atoms with Crippen LogP contribution in [0.25, 0.3) is 22.3 Å². The molecule has 0 unspecified atom stereocenters. The molecule has 2 N–H and O–H groups in total. The Morgan fingerprint density at radius 3 is 0.857 bits per heavy atom. The van der Waals surface area contributed by atoms with Gasteiger partial charge in [0.25, 0.3) is 0 Å². The predicted molar refractivity (Wildman–Crippen MR) is 579 cm³/mol. The number of methoxy groups -OCH3 is 4. The lowest BCUT2D eigenvalue weighted by Crippen LogP contribution is -2.50. The van der Waals surface area contributed by atoms with Crippen LogP contribution in [0.15, 0.2) is 127 Å². The van der Waals surface area contributed by atoms with Gasteiger partial charge in [-0.3, -0.25) is 0 Å². The van der Waals surface area contributed by atoms with E-state index in [9.17, 15) is 19.2 Å². The SMILES string of the molecule is CC(C)(C)OC(=O)OC(=O)OC(C)(C)C.CC1(C)CCC(C)(C)c2cc(B3OC(C)(C)C(C)(C)O3)ccc21.COc1ccc(-c2ccc3c(c2)C(C)(C)CCC3(C)C)cc1N1CCN(C(=O)OC(C)(C)C)CC1.COc1ccc(-c2ccc3c(c2)C(C)(C)CCC3(C)C)cc1N1CCNCC1.COc1ccc(Cl)cc1N1CCN(C(=O)OC(C)(C)C)CC1.COc1ccc(Cl)cc1N1CCNCC1.Cl.Cl. The smallest absolute Gasteiger partial charge is 0.495 e. The van der Waals surface area contributed by atoms with Crippen molar-refractivity contribution in [1.29, 1.82) is 0 Å². The predicted octanol–water partition coefficient (Wildman–Crippen LogP) is 25.1. The number of nitrogens with zero attached hydrogens (tertiary/aromatic N) is 6. The van der Waals surface area contributed by atoms with E-state index >= 15 is 0 Å². The summed E-state index contributed by atoms with van der Waals surface area (Å²) < 4.78 is 59.4. The van der Waals surface area contributed by atoms with Crippen LogP contribution in [0.5, 0.6) is 23.0 Å². The number of fused-ring (bicyclic) bond motifs is 3. The van der Waals surface area contributed by atoms with Crippen molar-refractivity contribution in [2.75, 3.05) is 153 Å². The molecule has 140 heavy (non-hydrogen) atoms. The quantitative estimate of drug-likeness (QED) is 0.0533. The highest BCUT2D eigenvalue weighted by atomic mass is 35.5. The summed E-state index contributed by atoms with van der Waals surface area (Å²) in [5, 5.41) is 8.18. The molecule has 8 aliphatic rings. The third-order valence-corrected chi connectivity index (χ3v) is 28.3. The zero-order valence-corrected chi connectivity index (χ0v) is 93.3. The van der Waals surface area contributed by atoms with E-state index in [1.165, 1.54) is 99.8 Å². The minimum absolute atomic E-state index is 0. The van der Waals surface area contributed by atoms with Crippen molar-refractivity contribution < 1.29 is 71.1 Å². The molecular weight excluding hydrogens is 1850 g/mol. The Balaban J connectivity index is 0.000000210. The molecule has 0 radical (unpaired) electrons. The molecule has 0 saturated carbocycles. The van der Waals surface area contributed by atoms with E-state index in [0.29, 0.717) is 31.2 Å². The molecule has 15 rings (SSSR count). The van der Waals surface area contributed by atoms with Gasteiger partial charge < -0.3 is 92.0 Å². The van der Waals surface area contributed by atoms with Gasteiger partial charge in [-0.25, -0.2) is 19.2 Å². The maximum absolute atomic E-state index is 12.5. The van der Waals surface area contributed by atoms with Crippen LogP contribution < -0.4 is 54.6 Å². The third kappa shape index (κ3) is 30.9. The molecule has 774 valence electrons. The Labute approximate surface area is 861 Å². The number of piperazine rings is 4. The van der Waals surface area contributed by atoms with Crippen molar-refractivity contribution in [2.45, 2.75) is 298 Å². The van der Waals surface area contributed by atoms with Gasteiger partial charge in [0.2, 0.25) is 0 Å². The molecule has 3 aliphatic carbocycles. The van der Waals surface area contributed by atoms with Crippen molar-refractivity contribution >= 4 is 108 Å². The van der Waals surface area contributed by atoms with Gasteiger partial charge in [0.05, 0.1) is 62.4 Å². The number of ether oxygens (including phenoxy) is 9. The van der Waals surface area contributed by atoms with E-state index in [-0.39, 0.29) is 87.8 Å². The minimum atomic E-state index is -1.06. The van der Waals surface area contributed by atoms with Gasteiger partial charge in [-0.1, -0.05) is 173 Å². The second kappa shape index (κ2) is 47.0. The highest BCUT2D eigenvalue weighted by Crippen LogP contribution is 2.51. The molecule has 0 atom stereocenters. The highest BCUT2D eigenvalue weighted by Gasteiger charge is 2.53. The van der Waals surface area contributed by atoms with Crippen molar-refractivity contribution in [3.05, 3.63) is 171 Å². The topological polar surface area (TPSA) is 213 Å². The zero-order valence-electron chi connectivity index (χ0n) is 90.1. The number of nitrogens with one attached hydrogen (secondary N) is 2. The molecule has 0 bridgehead atoms. The molecule has 5 heterocycles. The van der Waals surface area contributed by atoms with Gasteiger partial charge >= 0.3 is 31.6 Å². The van der Waals surface area contributed by atoms with Gasteiger partial charge in [-0.2, -0.15) is 0 Å². The van der Waals surface area contributed by atoms with E-state index in [1.807, 2.05) is 71.9 Å². The number of anilines is 4. The molecule has 5 fully saturated rings. The minimum Gasteiger partial charge on any atom is -0.495 e. The summed E-state index contributed by atoms with van der Waals surface area (Å²) in [6.07, 6.45) is 4.76. The lowest BCUT2D eigenvalue weighted by Gasteiger charge is -2.42. The standard InChI is InChI=1S/C30H42N2O3.C25H34N2O.C20H31BO2.C16H23ClN2O3.C11H15ClN2O.C10H18O5.2ClH/c1-28(2,3)35-27(33)32-17-15-31(16-18-32)25-20-22(10-12-26(25)34-8)21-9-11-23-24(19-21)30(6,7)14-13-29(23,4)5;1-24(2)10-11-25(3,4)21-16-18(6-8-20(21)24)19-7-9-23(28-5)22(17-19)27-14-12-26-13-15-27;1-17(2)11-12-18(3,4)16-13-14(9-10-15(16)17)21-22-19(5,6)20(7,8)23-21;1-16(2,3)22-15(20)19-9-7-18(8-10-19)13-11-12(17)5-6-14(13)21-4;1-15-11-3-2-9(12)8-10(11)14-6-4-13-5-7-14;1-9(2,3)14-7(11)13-8(12)15-10(4,5)6;;/h9-12,19-20H,13-18H2,1-8H3;6-9,16-17,26H,10-15H2,1-5H3;9-10,13H,11-12H2,1-8H3;5-6,11H,7-10H2,1-4H3;2-3,8,13H,4-7H2,1H3;1-6H3;2*1H. The Morgan fingerprint density at radius 1 is 0.314 bits per heavy atom. The van der Waals surface area contributed by atoms with Crippen LogP contribution in [-0.2, 0) is 65.5 Å². The number of carbonyl (C=O) groups excluding carboxylic acids is 4. The Bertz CT molecular complexity index is 5290. The molecule has 7 aromatic carbocycles. The van der Waals surface area contributed by atoms with E-state index in [4.69, 9.17) is 70.4 Å². The molecule has 5 aliphatic heterocycles. The molecule has 7 aromatic rings. The monoisotopic (exact) mass is 2010 g/mol. The van der Waals surface area contributed by atoms with Crippen LogP contribution in [0.3, 0.4) is 0 Å². The van der Waals surface area contributed by atoms with Gasteiger partial charge in [-0.15, -0.1) is 24.8 Å². The fourth-order valence-electron chi connectivity index (χ4n) is 18.7. The molecule has 23 nitrogen and oxygen atoms in total. The van der Waals surface area contributed by atoms with Gasteiger partial charge in [0.15, 0.2) is 0 Å². The second-order valence-corrected chi connectivity index (χ2v) is 47.4. The number of halogens is 4. The van der Waals surface area contributed by atoms with Gasteiger partial charge in [-0.05, 0) is 304 Å². The fourth-order valence-corrected chi connectivity index (χ4v) is 19.0. The van der Waals surface area contributed by atoms with Crippen molar-refractivity contribution in [2.24, 2.45) is 0 Å². The van der Waals surface area contributed by atoms with Crippen molar-refractivity contribution in [3.63, 3.8) is 0 Å². The van der Waals surface area contributed by atoms with E-state index in [2.05, 4.69) is 237 Å². The maximum Gasteiger partial charge on any atom is 0.519 e. The van der Waals surface area contributed by atoms with Crippen LogP contribution in [0, 0.1) is 0 Å². The summed E-state index contributed by atoms with van der Waals surface area (Å²) in [4.78, 5) is 59.3. The Morgan fingerprint density at radius 2 is 0.564 bits per heavy atom. The first-order valence-corrected chi connectivity index (χ1v) is 50.2. The first-order valence-electron chi connectivity index (χ1n) is 49.4. The fraction of sp³-hybridized carbons (Fsp3) is 0.589. The van der Waals surface area contributed by atoms with Crippen molar-refractivity contribution in [3.8, 4) is 45.3 Å². The summed E-state index contributed by atoms with van der Waals surface area (Å²) in [5.41, 5.74) is 17.8. The number of hydrogen-bond acceptors (Lipinski definition) is 21. The first kappa shape index (κ1) is 117. The van der Waals surface area contributed by atoms with E-state index in [1.54, 1.807) is 85.8 Å². The largest absolute Gasteiger partial charge is 0.519 e. The Hall–Kier alpha value is -8.72. The Kier molecular flexibility index (Phi) is 39.1. The van der Waals surface area contributed by atoms with E-state index in [0.717, 1.165) is 129 Å². The second-order valence-electron chi connectivity index (χ2n) is 46.5. The number of hydrogen-bond donors (Lipinski definition) is 2. The average Bonchev–Trinajstić information content (AvgIpc) is 1.32. The molecule has 28 heteroatoms. The number of carbonyl (C=O) groups is 4. The van der Waals surface area contributed by atoms with Crippen molar-refractivity contribution in [1.82, 2.24) is 20.4 Å². The molecule has 0 aromatic heterocycles. The maximum atomic E-state index is 12.5. The summed E-state index contributed by atoms with van der Waals surface area (Å²) in [6.45, 7) is 71.7. The first-order chi connectivity index (χ1) is 64.1. The van der Waals surface area contributed by atoms with Crippen LogP contribution in [0.1, 0.15) is 266 Å². The molecule has 5 saturated heterocycles. The number of rotatable bonds is 11. The third-order valence-electron chi connectivity index (χ3n) is 27.8. The van der Waals surface area contributed by atoms with E-state index < -0.39 is 34.7 Å². The normalized spacial score (nSPS) is 18.8. The summed E-state index contributed by atoms with van der Waals surface area (Å²) in [6, 6.07) is 45.4. The van der Waals surface area contributed by atoms with Crippen LogP contribution in [-0.4, -0.2) is 208 Å².